The van der Waals surface area contributed by atoms with Crippen LogP contribution >= 0.6 is 0 Å². The van der Waals surface area contributed by atoms with Crippen molar-refractivity contribution < 1.29 is 4.79 Å². The standard InChI is InChI=1S/C19H25N5O/c1-14-12-23(17-8-3-2-7-16(14)17)19(25)22-18-9-11-21-24(18)13-15-6-4-5-10-20-15/h4-6,9-11,14,16-17H,2-3,7-8,12-13H2,1H3,(H,22,25)/t14-,16+,17+/m1/s1. The predicted molar refractivity (Wildman–Crippen MR) is 96.2 cm³/mol. The number of anilines is 1. The van der Waals surface area contributed by atoms with Gasteiger partial charge < -0.3 is 4.90 Å². The van der Waals surface area contributed by atoms with Crippen LogP contribution in [-0.2, 0) is 6.54 Å². The van der Waals surface area contributed by atoms with Crippen molar-refractivity contribution in [1.29, 1.82) is 0 Å². The molecular weight excluding hydrogens is 314 g/mol. The maximum atomic E-state index is 12.9. The molecule has 2 amide bonds. The van der Waals surface area contributed by atoms with Crippen molar-refractivity contribution in [3.8, 4) is 0 Å². The molecule has 1 N–H and O–H groups in total. The monoisotopic (exact) mass is 339 g/mol. The van der Waals surface area contributed by atoms with Gasteiger partial charge in [-0.3, -0.25) is 10.3 Å². The van der Waals surface area contributed by atoms with E-state index in [9.17, 15) is 4.79 Å². The molecule has 6 nitrogen and oxygen atoms in total. The summed E-state index contributed by atoms with van der Waals surface area (Å²) in [7, 11) is 0. The number of carbonyl (C=O) groups is 1. The summed E-state index contributed by atoms with van der Waals surface area (Å²) in [5.41, 5.74) is 0.920. The van der Waals surface area contributed by atoms with Crippen LogP contribution in [0.25, 0.3) is 0 Å². The lowest BCUT2D eigenvalue weighted by molar-refractivity contribution is 0.180. The molecule has 3 atom stereocenters. The molecule has 1 saturated heterocycles. The summed E-state index contributed by atoms with van der Waals surface area (Å²) in [5.74, 6) is 1.98. The third-order valence-electron chi connectivity index (χ3n) is 5.65. The van der Waals surface area contributed by atoms with E-state index in [4.69, 9.17) is 0 Å². The third-order valence-corrected chi connectivity index (χ3v) is 5.65. The summed E-state index contributed by atoms with van der Waals surface area (Å²) >= 11 is 0. The fraction of sp³-hybridized carbons (Fsp3) is 0.526. The van der Waals surface area contributed by atoms with E-state index in [1.54, 1.807) is 17.1 Å². The van der Waals surface area contributed by atoms with Gasteiger partial charge in [0.05, 0.1) is 18.4 Å². The summed E-state index contributed by atoms with van der Waals surface area (Å²) in [4.78, 5) is 19.3. The number of urea groups is 1. The number of pyridine rings is 1. The molecule has 1 saturated carbocycles. The number of hydrogen-bond acceptors (Lipinski definition) is 3. The number of hydrogen-bond donors (Lipinski definition) is 1. The van der Waals surface area contributed by atoms with Crippen molar-refractivity contribution in [2.45, 2.75) is 45.2 Å². The quantitative estimate of drug-likeness (QED) is 0.932. The van der Waals surface area contributed by atoms with Crippen LogP contribution in [0.1, 0.15) is 38.3 Å². The van der Waals surface area contributed by atoms with Crippen molar-refractivity contribution in [2.75, 3.05) is 11.9 Å². The van der Waals surface area contributed by atoms with Gasteiger partial charge in [-0.2, -0.15) is 5.10 Å². The zero-order valence-corrected chi connectivity index (χ0v) is 14.6. The van der Waals surface area contributed by atoms with E-state index in [0.717, 1.165) is 24.5 Å². The minimum atomic E-state index is 0.00372. The molecule has 0 aromatic carbocycles. The zero-order chi connectivity index (χ0) is 17.2. The summed E-state index contributed by atoms with van der Waals surface area (Å²) in [6.07, 6.45) is 8.41. The first kappa shape index (κ1) is 16.1. The maximum absolute atomic E-state index is 12.9. The molecule has 0 unspecified atom stereocenters. The minimum absolute atomic E-state index is 0.00372. The number of aromatic nitrogens is 3. The van der Waals surface area contributed by atoms with Crippen LogP contribution in [0.3, 0.4) is 0 Å². The Morgan fingerprint density at radius 1 is 1.24 bits per heavy atom. The second kappa shape index (κ2) is 6.86. The Bertz CT molecular complexity index is 728. The normalized spacial score (nSPS) is 25.6. The SMILES string of the molecule is C[C@@H]1CN(C(=O)Nc2ccnn2Cc2ccccn2)[C@H]2CCCC[C@@H]12. The fourth-order valence-corrected chi connectivity index (χ4v) is 4.40. The third kappa shape index (κ3) is 3.25. The van der Waals surface area contributed by atoms with Crippen LogP contribution in [0, 0.1) is 11.8 Å². The van der Waals surface area contributed by atoms with Gasteiger partial charge >= 0.3 is 6.03 Å². The van der Waals surface area contributed by atoms with Gasteiger partial charge in [-0.05, 0) is 36.8 Å². The zero-order valence-electron chi connectivity index (χ0n) is 14.6. The van der Waals surface area contributed by atoms with Crippen molar-refractivity contribution in [2.24, 2.45) is 11.8 Å². The second-order valence-electron chi connectivity index (χ2n) is 7.27. The molecule has 2 fully saturated rings. The Balaban J connectivity index is 1.46. The summed E-state index contributed by atoms with van der Waals surface area (Å²) in [6.45, 7) is 3.68. The molecule has 2 aliphatic rings. The van der Waals surface area contributed by atoms with Gasteiger partial charge in [-0.15, -0.1) is 0 Å². The largest absolute Gasteiger partial charge is 0.323 e. The van der Waals surface area contributed by atoms with Crippen LogP contribution in [-0.4, -0.2) is 38.3 Å². The van der Waals surface area contributed by atoms with E-state index in [0.29, 0.717) is 24.4 Å². The highest BCUT2D eigenvalue weighted by Crippen LogP contribution is 2.39. The molecule has 25 heavy (non-hydrogen) atoms. The predicted octanol–water partition coefficient (Wildman–Crippen LogP) is 3.37. The Kier molecular flexibility index (Phi) is 4.42. The topological polar surface area (TPSA) is 63.1 Å². The van der Waals surface area contributed by atoms with E-state index in [-0.39, 0.29) is 6.03 Å². The van der Waals surface area contributed by atoms with Gasteiger partial charge in [0.15, 0.2) is 0 Å². The smallest absolute Gasteiger partial charge is 0.321 e. The van der Waals surface area contributed by atoms with Gasteiger partial charge in [-0.25, -0.2) is 9.48 Å². The van der Waals surface area contributed by atoms with Crippen LogP contribution < -0.4 is 5.32 Å². The molecule has 4 rings (SSSR count). The number of amides is 2. The molecule has 2 aromatic heterocycles. The molecule has 0 spiro atoms. The summed E-state index contributed by atoms with van der Waals surface area (Å²) < 4.78 is 1.79. The van der Waals surface area contributed by atoms with Crippen LogP contribution in [0.4, 0.5) is 10.6 Å². The van der Waals surface area contributed by atoms with Gasteiger partial charge in [0.25, 0.3) is 0 Å². The Hall–Kier alpha value is -2.37. The van der Waals surface area contributed by atoms with E-state index in [2.05, 4.69) is 22.3 Å². The summed E-state index contributed by atoms with van der Waals surface area (Å²) in [6, 6.07) is 8.06. The number of nitrogens with zero attached hydrogens (tertiary/aromatic N) is 4. The molecule has 1 aliphatic heterocycles. The Morgan fingerprint density at radius 2 is 2.12 bits per heavy atom. The van der Waals surface area contributed by atoms with E-state index in [1.165, 1.54) is 19.3 Å². The first-order valence-electron chi connectivity index (χ1n) is 9.21. The molecule has 3 heterocycles. The molecule has 1 aliphatic carbocycles. The van der Waals surface area contributed by atoms with Gasteiger partial charge in [-0.1, -0.05) is 25.8 Å². The van der Waals surface area contributed by atoms with E-state index in [1.807, 2.05) is 29.2 Å². The van der Waals surface area contributed by atoms with E-state index >= 15 is 0 Å². The number of fused-ring (bicyclic) bond motifs is 1. The lowest BCUT2D eigenvalue weighted by Gasteiger charge is -2.32. The lowest BCUT2D eigenvalue weighted by Crippen LogP contribution is -2.42. The van der Waals surface area contributed by atoms with Gasteiger partial charge in [0, 0.05) is 24.8 Å². The average molecular weight is 339 g/mol. The lowest BCUT2D eigenvalue weighted by atomic mass is 9.80. The van der Waals surface area contributed by atoms with Crippen LogP contribution in [0.2, 0.25) is 0 Å². The molecular formula is C19H25N5O. The van der Waals surface area contributed by atoms with Crippen molar-refractivity contribution in [1.82, 2.24) is 19.7 Å². The number of nitrogens with one attached hydrogen (secondary N) is 1. The Labute approximate surface area is 148 Å². The van der Waals surface area contributed by atoms with Crippen LogP contribution in [0.5, 0.6) is 0 Å². The highest BCUT2D eigenvalue weighted by atomic mass is 16.2. The molecule has 6 heteroatoms. The minimum Gasteiger partial charge on any atom is -0.321 e. The molecule has 0 bridgehead atoms. The number of likely N-dealkylation sites (tertiary alicyclic amines) is 1. The second-order valence-corrected chi connectivity index (χ2v) is 7.27. The van der Waals surface area contributed by atoms with Crippen LogP contribution in [0.15, 0.2) is 36.7 Å². The first-order chi connectivity index (χ1) is 12.2. The van der Waals surface area contributed by atoms with E-state index < -0.39 is 0 Å². The highest BCUT2D eigenvalue weighted by molar-refractivity contribution is 5.89. The highest BCUT2D eigenvalue weighted by Gasteiger charge is 2.42. The number of carbonyl (C=O) groups excluding carboxylic acids is 1. The molecule has 2 aromatic rings. The van der Waals surface area contributed by atoms with Crippen molar-refractivity contribution in [3.05, 3.63) is 42.4 Å². The molecule has 132 valence electrons. The van der Waals surface area contributed by atoms with Gasteiger partial charge in [0.2, 0.25) is 0 Å². The molecule has 0 radical (unpaired) electrons. The van der Waals surface area contributed by atoms with Crippen molar-refractivity contribution >= 4 is 11.8 Å². The first-order valence-corrected chi connectivity index (χ1v) is 9.21. The van der Waals surface area contributed by atoms with Gasteiger partial charge in [0.1, 0.15) is 5.82 Å². The van der Waals surface area contributed by atoms with Crippen molar-refractivity contribution in [3.63, 3.8) is 0 Å². The summed E-state index contributed by atoms with van der Waals surface area (Å²) in [5, 5.41) is 7.40. The fourth-order valence-electron chi connectivity index (χ4n) is 4.40. The maximum Gasteiger partial charge on any atom is 0.323 e. The Morgan fingerprint density at radius 3 is 2.96 bits per heavy atom. The number of rotatable bonds is 3. The average Bonchev–Trinajstić information content (AvgIpc) is 3.21.